The van der Waals surface area contributed by atoms with Crippen LogP contribution in [0, 0.1) is 0 Å². The molecule has 5 aromatic carbocycles. The van der Waals surface area contributed by atoms with Crippen LogP contribution in [0.5, 0.6) is 0 Å². The van der Waals surface area contributed by atoms with Crippen LogP contribution in [0.2, 0.25) is 0 Å². The Bertz CT molecular complexity index is 2420. The van der Waals surface area contributed by atoms with Gasteiger partial charge in [0, 0.05) is 35.9 Å². The molecular formula is C43H36N4O5. The van der Waals surface area contributed by atoms with E-state index in [9.17, 15) is 9.59 Å². The van der Waals surface area contributed by atoms with Gasteiger partial charge >= 0.3 is 12.1 Å². The van der Waals surface area contributed by atoms with E-state index in [0.29, 0.717) is 17.3 Å². The minimum atomic E-state index is -0.908. The predicted molar refractivity (Wildman–Crippen MR) is 198 cm³/mol. The molecule has 2 aromatic heterocycles. The van der Waals surface area contributed by atoms with Crippen molar-refractivity contribution in [1.29, 1.82) is 0 Å². The molecular weight excluding hydrogens is 652 g/mol. The maximum absolute atomic E-state index is 13.6. The molecule has 0 unspecified atom stereocenters. The lowest BCUT2D eigenvalue weighted by atomic mass is 9.98. The molecule has 52 heavy (non-hydrogen) atoms. The van der Waals surface area contributed by atoms with E-state index >= 15 is 0 Å². The number of para-hydroxylation sites is 2. The average molecular weight is 689 g/mol. The summed E-state index contributed by atoms with van der Waals surface area (Å²) in [6.07, 6.45) is 1.94. The number of hydrogen-bond donors (Lipinski definition) is 2. The predicted octanol–water partition coefficient (Wildman–Crippen LogP) is 7.82. The van der Waals surface area contributed by atoms with E-state index in [-0.39, 0.29) is 30.4 Å². The van der Waals surface area contributed by atoms with Gasteiger partial charge < -0.3 is 24.2 Å². The van der Waals surface area contributed by atoms with Crippen molar-refractivity contribution < 1.29 is 23.5 Å². The first-order chi connectivity index (χ1) is 25.6. The monoisotopic (exact) mass is 688 g/mol. The minimum absolute atomic E-state index is 0.0907. The summed E-state index contributed by atoms with van der Waals surface area (Å²) in [7, 11) is 1.35. The number of hydrogen-bond acceptors (Lipinski definition) is 7. The van der Waals surface area contributed by atoms with Crippen molar-refractivity contribution in [2.45, 2.75) is 30.8 Å². The summed E-state index contributed by atoms with van der Waals surface area (Å²) in [6, 6.07) is 39.9. The van der Waals surface area contributed by atoms with E-state index in [1.54, 1.807) is 0 Å². The second kappa shape index (κ2) is 14.4. The number of fused-ring (bicyclic) bond motifs is 5. The molecule has 0 aliphatic heterocycles. The average Bonchev–Trinajstić information content (AvgIpc) is 3.75. The highest BCUT2D eigenvalue weighted by molar-refractivity contribution is 5.85. The van der Waals surface area contributed by atoms with Crippen LogP contribution in [0.4, 0.5) is 4.79 Å². The van der Waals surface area contributed by atoms with Crippen molar-refractivity contribution in [1.82, 2.24) is 15.3 Å². The lowest BCUT2D eigenvalue weighted by Crippen LogP contribution is -2.33. The van der Waals surface area contributed by atoms with Crippen LogP contribution in [-0.4, -0.2) is 41.8 Å². The van der Waals surface area contributed by atoms with E-state index in [0.717, 1.165) is 44.3 Å². The largest absolute Gasteiger partial charge is 0.467 e. The van der Waals surface area contributed by atoms with Crippen molar-refractivity contribution in [2.24, 2.45) is 4.99 Å². The van der Waals surface area contributed by atoms with Gasteiger partial charge in [-0.25, -0.2) is 19.6 Å². The van der Waals surface area contributed by atoms with Crippen LogP contribution in [0.15, 0.2) is 143 Å². The van der Waals surface area contributed by atoms with Gasteiger partial charge in [0.1, 0.15) is 12.6 Å². The van der Waals surface area contributed by atoms with E-state index < -0.39 is 24.1 Å². The lowest BCUT2D eigenvalue weighted by molar-refractivity contribution is -0.142. The first kappa shape index (κ1) is 32.7. The molecule has 9 nitrogen and oxygen atoms in total. The first-order valence-electron chi connectivity index (χ1n) is 17.3. The Balaban J connectivity index is 1.13. The molecule has 0 saturated carbocycles. The SMILES string of the molecule is COC(=O)[C@@H](Cc1c[nH]c2ccccc12)N=c1oc([C@H](Cc2ccccc2)NC(=O)OCC2c3ccccc3-c3ccccc32)nc2ccccc12. The fraction of sp³-hybridized carbons (Fsp3) is 0.163. The molecule has 0 fully saturated rings. The maximum Gasteiger partial charge on any atom is 0.407 e. The Morgan fingerprint density at radius 3 is 2.21 bits per heavy atom. The maximum atomic E-state index is 13.6. The number of nitrogens with zero attached hydrogens (tertiary/aromatic N) is 2. The van der Waals surface area contributed by atoms with Crippen LogP contribution in [-0.2, 0) is 27.1 Å². The van der Waals surface area contributed by atoms with Gasteiger partial charge in [-0.2, -0.15) is 0 Å². The highest BCUT2D eigenvalue weighted by Gasteiger charge is 2.30. The number of methoxy groups -OCH3 is 1. The van der Waals surface area contributed by atoms with Crippen LogP contribution in [0.3, 0.4) is 0 Å². The van der Waals surface area contributed by atoms with Crippen molar-refractivity contribution in [3.8, 4) is 11.1 Å². The van der Waals surface area contributed by atoms with Gasteiger partial charge in [-0.15, -0.1) is 0 Å². The number of alkyl carbamates (subject to hydrolysis) is 1. The Morgan fingerprint density at radius 1 is 0.808 bits per heavy atom. The number of aromatic nitrogens is 2. The van der Waals surface area contributed by atoms with E-state index in [2.05, 4.69) is 34.6 Å². The topological polar surface area (TPSA) is 119 Å². The molecule has 9 heteroatoms. The van der Waals surface area contributed by atoms with Gasteiger partial charge in [-0.3, -0.25) is 0 Å². The third-order valence-corrected chi connectivity index (χ3v) is 9.62. The fourth-order valence-electron chi connectivity index (χ4n) is 7.09. The standard InChI is InChI=1S/C43H36N4O5/c1-50-42(48)39(24-28-25-44-36-21-11-9-15-29(28)36)46-40-34-20-10-12-22-37(34)45-41(52-40)38(23-27-13-3-2-4-14-27)47-43(49)51-26-35-32-18-7-5-16-30(32)31-17-6-8-19-33(31)35/h2-22,25,35,38-39,44H,23-24,26H2,1H3,(H,47,49)/t38-,39+/m0/s1. The molecule has 1 aliphatic carbocycles. The lowest BCUT2D eigenvalue weighted by Gasteiger charge is -2.19. The summed E-state index contributed by atoms with van der Waals surface area (Å²) in [6.45, 7) is 0.162. The summed E-state index contributed by atoms with van der Waals surface area (Å²) in [5.41, 5.74) is 8.22. The fourth-order valence-corrected chi connectivity index (χ4v) is 7.09. The number of ether oxygens (including phenoxy) is 2. The van der Waals surface area contributed by atoms with Gasteiger partial charge in [0.15, 0.2) is 6.04 Å². The number of H-pyrrole nitrogens is 1. The zero-order chi connectivity index (χ0) is 35.4. The molecule has 0 saturated heterocycles. The third-order valence-electron chi connectivity index (χ3n) is 9.62. The molecule has 0 spiro atoms. The second-order valence-corrected chi connectivity index (χ2v) is 12.8. The highest BCUT2D eigenvalue weighted by atomic mass is 16.5. The summed E-state index contributed by atoms with van der Waals surface area (Å²) in [5, 5.41) is 4.66. The smallest absolute Gasteiger partial charge is 0.407 e. The summed E-state index contributed by atoms with van der Waals surface area (Å²) in [4.78, 5) is 39.8. The molecule has 0 radical (unpaired) electrons. The number of esters is 1. The quantitative estimate of drug-likeness (QED) is 0.142. The van der Waals surface area contributed by atoms with Gasteiger partial charge in [-0.05, 0) is 51.6 Å². The number of amides is 1. The summed E-state index contributed by atoms with van der Waals surface area (Å²) < 4.78 is 17.6. The van der Waals surface area contributed by atoms with E-state index in [4.69, 9.17) is 23.9 Å². The number of nitrogens with one attached hydrogen (secondary N) is 2. The minimum Gasteiger partial charge on any atom is -0.467 e. The number of benzene rings is 5. The Morgan fingerprint density at radius 2 is 1.46 bits per heavy atom. The van der Waals surface area contributed by atoms with E-state index in [1.807, 2.05) is 109 Å². The highest BCUT2D eigenvalue weighted by Crippen LogP contribution is 2.44. The van der Waals surface area contributed by atoms with Crippen LogP contribution >= 0.6 is 0 Å². The molecule has 2 atom stereocenters. The summed E-state index contributed by atoms with van der Waals surface area (Å²) in [5.74, 6) is -0.363. The molecule has 7 aromatic rings. The molecule has 2 N–H and O–H groups in total. The van der Waals surface area contributed by atoms with Gasteiger partial charge in [0.05, 0.1) is 18.0 Å². The first-order valence-corrected chi connectivity index (χ1v) is 17.3. The Labute approximate surface area is 300 Å². The molecule has 2 heterocycles. The Hall–Kier alpha value is -6.48. The van der Waals surface area contributed by atoms with Crippen LogP contribution in [0.1, 0.15) is 40.1 Å². The zero-order valence-corrected chi connectivity index (χ0v) is 28.5. The molecule has 8 rings (SSSR count). The molecule has 1 amide bonds. The molecule has 258 valence electrons. The second-order valence-electron chi connectivity index (χ2n) is 12.8. The molecule has 0 bridgehead atoms. The number of rotatable bonds is 10. The van der Waals surface area contributed by atoms with Crippen molar-refractivity contribution >= 4 is 33.9 Å². The van der Waals surface area contributed by atoms with Gasteiger partial charge in [-0.1, -0.05) is 109 Å². The van der Waals surface area contributed by atoms with Gasteiger partial charge in [0.25, 0.3) is 0 Å². The van der Waals surface area contributed by atoms with Gasteiger partial charge in [0.2, 0.25) is 11.4 Å². The van der Waals surface area contributed by atoms with E-state index in [1.165, 1.54) is 7.11 Å². The summed E-state index contributed by atoms with van der Waals surface area (Å²) >= 11 is 0. The number of carbonyl (C=O) groups is 2. The molecule has 1 aliphatic rings. The van der Waals surface area contributed by atoms with Crippen molar-refractivity contribution in [3.63, 3.8) is 0 Å². The normalized spacial score (nSPS) is 13.8. The third kappa shape index (κ3) is 6.56. The van der Waals surface area contributed by atoms with Crippen LogP contribution < -0.4 is 10.9 Å². The van der Waals surface area contributed by atoms with Crippen molar-refractivity contribution in [2.75, 3.05) is 13.7 Å². The zero-order valence-electron chi connectivity index (χ0n) is 28.5. The van der Waals surface area contributed by atoms with Crippen LogP contribution in [0.25, 0.3) is 32.9 Å². The van der Waals surface area contributed by atoms with Crippen molar-refractivity contribution in [3.05, 3.63) is 167 Å². The number of aromatic amines is 1. The number of carbonyl (C=O) groups excluding carboxylic acids is 2. The Kier molecular flexibility index (Phi) is 9.06.